The number of hydrogen-bond donors (Lipinski definition) is 0. The Balaban J connectivity index is 1.62. The molecule has 2 heteroatoms. The minimum atomic E-state index is 0.217. The van der Waals surface area contributed by atoms with E-state index in [1.165, 1.54) is 24.8 Å². The first-order chi connectivity index (χ1) is 10.9. The Hall–Kier alpha value is -1.10. The maximum atomic E-state index is 11.8. The van der Waals surface area contributed by atoms with Crippen molar-refractivity contribution in [1.29, 1.82) is 5.26 Å². The second kappa shape index (κ2) is 4.95. The predicted molar refractivity (Wildman–Crippen MR) is 90.4 cm³/mol. The smallest absolute Gasteiger partial charge is 0.155 e. The van der Waals surface area contributed by atoms with E-state index < -0.39 is 0 Å². The molecule has 1 unspecified atom stereocenters. The molecule has 7 atom stereocenters. The van der Waals surface area contributed by atoms with E-state index in [0.717, 1.165) is 43.4 Å². The standard InChI is InChI=1S/C21H29NO/c1-4-21(3)18(12-22)16-10-17(16)19(21)13-5-6-14-9-15(23)7-8-20(14,2)11-13/h9,13,16-19H,4-8,10-11H2,1-3H3/t13?,16-,17+,18-,19+,20+,21+/m0/s1. The first kappa shape index (κ1) is 15.4. The molecule has 4 aliphatic carbocycles. The summed E-state index contributed by atoms with van der Waals surface area (Å²) in [6.45, 7) is 7.08. The number of nitrogens with zero attached hydrogens (tertiary/aromatic N) is 1. The molecular formula is C21H29NO. The van der Waals surface area contributed by atoms with Crippen LogP contribution in [0, 0.1) is 51.8 Å². The summed E-state index contributed by atoms with van der Waals surface area (Å²) in [4.78, 5) is 11.8. The van der Waals surface area contributed by atoms with Crippen LogP contribution in [0.3, 0.4) is 0 Å². The zero-order valence-electron chi connectivity index (χ0n) is 14.8. The van der Waals surface area contributed by atoms with Gasteiger partial charge in [0.1, 0.15) is 0 Å². The molecule has 0 saturated heterocycles. The van der Waals surface area contributed by atoms with Crippen LogP contribution in [0.25, 0.3) is 0 Å². The third-order valence-corrected chi connectivity index (χ3v) is 8.19. The normalized spacial score (nSPS) is 51.5. The molecule has 23 heavy (non-hydrogen) atoms. The van der Waals surface area contributed by atoms with E-state index in [0.29, 0.717) is 11.7 Å². The largest absolute Gasteiger partial charge is 0.295 e. The number of nitriles is 1. The van der Waals surface area contributed by atoms with Crippen LogP contribution in [0.1, 0.15) is 65.7 Å². The summed E-state index contributed by atoms with van der Waals surface area (Å²) in [5.74, 6) is 3.60. The van der Waals surface area contributed by atoms with Gasteiger partial charge in [-0.05, 0) is 79.1 Å². The molecule has 0 amide bonds. The van der Waals surface area contributed by atoms with Crippen molar-refractivity contribution in [2.45, 2.75) is 65.7 Å². The topological polar surface area (TPSA) is 40.9 Å². The molecule has 3 fully saturated rings. The fraction of sp³-hybridized carbons (Fsp3) is 0.810. The van der Waals surface area contributed by atoms with Gasteiger partial charge in [-0.2, -0.15) is 5.26 Å². The summed E-state index contributed by atoms with van der Waals surface area (Å²) in [6, 6.07) is 2.68. The number of carbonyl (C=O) groups excluding carboxylic acids is 1. The van der Waals surface area contributed by atoms with Gasteiger partial charge in [0.2, 0.25) is 0 Å². The fourth-order valence-corrected chi connectivity index (χ4v) is 6.74. The van der Waals surface area contributed by atoms with E-state index in [4.69, 9.17) is 0 Å². The molecule has 0 aromatic rings. The zero-order valence-corrected chi connectivity index (χ0v) is 14.8. The van der Waals surface area contributed by atoms with Gasteiger partial charge in [-0.25, -0.2) is 0 Å². The molecule has 0 spiro atoms. The highest BCUT2D eigenvalue weighted by Crippen LogP contribution is 2.71. The van der Waals surface area contributed by atoms with Crippen molar-refractivity contribution in [2.24, 2.45) is 40.4 Å². The SMILES string of the molecule is CC[C@@]1(C)[C@H](C2CCC3=CC(=O)CC[C@]3(C)C2)[C@@H]2C[C@@H]2[C@@H]1C#N. The quantitative estimate of drug-likeness (QED) is 0.727. The van der Waals surface area contributed by atoms with Crippen LogP contribution in [0.5, 0.6) is 0 Å². The summed E-state index contributed by atoms with van der Waals surface area (Å²) < 4.78 is 0. The summed E-state index contributed by atoms with van der Waals surface area (Å²) in [7, 11) is 0. The molecule has 0 aromatic heterocycles. The van der Waals surface area contributed by atoms with E-state index in [9.17, 15) is 10.1 Å². The molecular weight excluding hydrogens is 282 g/mol. The molecule has 4 aliphatic rings. The van der Waals surface area contributed by atoms with Gasteiger partial charge in [0, 0.05) is 6.42 Å². The van der Waals surface area contributed by atoms with Crippen molar-refractivity contribution in [1.82, 2.24) is 0 Å². The minimum Gasteiger partial charge on any atom is -0.295 e. The maximum absolute atomic E-state index is 11.8. The molecule has 0 bridgehead atoms. The predicted octanol–water partition coefficient (Wildman–Crippen LogP) is 4.90. The van der Waals surface area contributed by atoms with E-state index >= 15 is 0 Å². The van der Waals surface area contributed by atoms with Crippen molar-refractivity contribution in [2.75, 3.05) is 0 Å². The molecule has 2 nitrogen and oxygen atoms in total. The third-order valence-electron chi connectivity index (χ3n) is 8.19. The van der Waals surface area contributed by atoms with Gasteiger partial charge in [-0.3, -0.25) is 4.79 Å². The number of rotatable bonds is 2. The first-order valence-electron chi connectivity index (χ1n) is 9.56. The van der Waals surface area contributed by atoms with Gasteiger partial charge in [0.05, 0.1) is 12.0 Å². The highest BCUT2D eigenvalue weighted by Gasteiger charge is 2.66. The lowest BCUT2D eigenvalue weighted by atomic mass is 9.55. The third kappa shape index (κ3) is 2.08. The van der Waals surface area contributed by atoms with Gasteiger partial charge >= 0.3 is 0 Å². The van der Waals surface area contributed by atoms with E-state index in [-0.39, 0.29) is 16.7 Å². The summed E-state index contributed by atoms with van der Waals surface area (Å²) >= 11 is 0. The summed E-state index contributed by atoms with van der Waals surface area (Å²) in [5.41, 5.74) is 1.89. The van der Waals surface area contributed by atoms with Crippen molar-refractivity contribution >= 4 is 5.78 Å². The number of hydrogen-bond acceptors (Lipinski definition) is 2. The highest BCUT2D eigenvalue weighted by atomic mass is 16.1. The van der Waals surface area contributed by atoms with Crippen LogP contribution in [0.2, 0.25) is 0 Å². The summed E-state index contributed by atoms with van der Waals surface area (Å²) in [6.07, 6.45) is 9.76. The van der Waals surface area contributed by atoms with Crippen LogP contribution >= 0.6 is 0 Å². The Morgan fingerprint density at radius 2 is 2.09 bits per heavy atom. The lowest BCUT2D eigenvalue weighted by Gasteiger charge is -2.48. The lowest BCUT2D eigenvalue weighted by Crippen LogP contribution is -2.41. The van der Waals surface area contributed by atoms with E-state index in [1.807, 2.05) is 6.08 Å². The second-order valence-corrected chi connectivity index (χ2v) is 9.25. The fourth-order valence-electron chi connectivity index (χ4n) is 6.74. The Morgan fingerprint density at radius 1 is 1.30 bits per heavy atom. The monoisotopic (exact) mass is 311 g/mol. The molecule has 0 N–H and O–H groups in total. The molecule has 0 radical (unpaired) electrons. The molecule has 0 heterocycles. The number of carbonyl (C=O) groups is 1. The minimum absolute atomic E-state index is 0.217. The van der Waals surface area contributed by atoms with Gasteiger partial charge in [0.25, 0.3) is 0 Å². The molecule has 4 rings (SSSR count). The Labute approximate surface area is 140 Å². The average molecular weight is 311 g/mol. The molecule has 124 valence electrons. The van der Waals surface area contributed by atoms with Crippen LogP contribution < -0.4 is 0 Å². The van der Waals surface area contributed by atoms with Crippen LogP contribution in [-0.4, -0.2) is 5.78 Å². The first-order valence-corrected chi connectivity index (χ1v) is 9.56. The maximum Gasteiger partial charge on any atom is 0.155 e. The van der Waals surface area contributed by atoms with Crippen molar-refractivity contribution < 1.29 is 4.79 Å². The number of fused-ring (bicyclic) bond motifs is 2. The van der Waals surface area contributed by atoms with Crippen molar-refractivity contribution in [3.8, 4) is 6.07 Å². The van der Waals surface area contributed by atoms with Crippen molar-refractivity contribution in [3.05, 3.63) is 11.6 Å². The molecule has 3 saturated carbocycles. The van der Waals surface area contributed by atoms with Gasteiger partial charge in [-0.15, -0.1) is 0 Å². The second-order valence-electron chi connectivity index (χ2n) is 9.25. The highest BCUT2D eigenvalue weighted by molar-refractivity contribution is 5.91. The Bertz CT molecular complexity index is 614. The van der Waals surface area contributed by atoms with Gasteiger partial charge in [-0.1, -0.05) is 26.3 Å². The van der Waals surface area contributed by atoms with E-state index in [2.05, 4.69) is 26.8 Å². The Morgan fingerprint density at radius 3 is 2.78 bits per heavy atom. The summed E-state index contributed by atoms with van der Waals surface area (Å²) in [5, 5.41) is 9.72. The average Bonchev–Trinajstić information content (AvgIpc) is 3.23. The number of ketones is 1. The van der Waals surface area contributed by atoms with Crippen LogP contribution in [-0.2, 0) is 4.79 Å². The van der Waals surface area contributed by atoms with Crippen LogP contribution in [0.4, 0.5) is 0 Å². The van der Waals surface area contributed by atoms with Gasteiger partial charge < -0.3 is 0 Å². The molecule has 0 aliphatic heterocycles. The van der Waals surface area contributed by atoms with E-state index in [1.54, 1.807) is 0 Å². The Kier molecular flexibility index (Phi) is 3.32. The number of allylic oxidation sites excluding steroid dienone is 2. The van der Waals surface area contributed by atoms with Gasteiger partial charge in [0.15, 0.2) is 5.78 Å². The zero-order chi connectivity index (χ0) is 16.4. The molecule has 0 aromatic carbocycles. The van der Waals surface area contributed by atoms with Crippen LogP contribution in [0.15, 0.2) is 11.6 Å². The lowest BCUT2D eigenvalue weighted by molar-refractivity contribution is -0.116. The van der Waals surface area contributed by atoms with Crippen molar-refractivity contribution in [3.63, 3.8) is 0 Å².